The first-order valence-corrected chi connectivity index (χ1v) is 9.16. The topological polar surface area (TPSA) is 49.4 Å². The summed E-state index contributed by atoms with van der Waals surface area (Å²) in [5.41, 5.74) is 0.900. The molecule has 0 spiro atoms. The minimum atomic E-state index is -3.45. The average Bonchev–Trinajstić information content (AvgIpc) is 2.94. The molecule has 1 saturated carbocycles. The smallest absolute Gasteiger partial charge is 0.242 e. The summed E-state index contributed by atoms with van der Waals surface area (Å²) in [6.07, 6.45) is 4.68. The molecule has 4 nitrogen and oxygen atoms in total. The number of benzene rings is 1. The normalized spacial score (nSPS) is 16.8. The largest absolute Gasteiger partial charge is 0.316 e. The number of nitrogens with one attached hydrogen (secondary N) is 1. The maximum absolute atomic E-state index is 12.6. The zero-order chi connectivity index (χ0) is 15.5. The third kappa shape index (κ3) is 3.97. The van der Waals surface area contributed by atoms with Gasteiger partial charge < -0.3 is 5.32 Å². The molecule has 0 unspecified atom stereocenters. The van der Waals surface area contributed by atoms with Crippen LogP contribution in [0.3, 0.4) is 0 Å². The van der Waals surface area contributed by atoms with Gasteiger partial charge in [0.25, 0.3) is 0 Å². The van der Waals surface area contributed by atoms with Crippen molar-refractivity contribution in [2.75, 3.05) is 20.6 Å². The Hall–Kier alpha value is -0.620. The quantitative estimate of drug-likeness (QED) is 0.872. The highest BCUT2D eigenvalue weighted by molar-refractivity contribution is 7.89. The summed E-state index contributed by atoms with van der Waals surface area (Å²) < 4.78 is 26.7. The highest BCUT2D eigenvalue weighted by atomic mass is 35.5. The number of sulfonamides is 1. The molecule has 0 bridgehead atoms. The minimum Gasteiger partial charge on any atom is -0.316 e. The second kappa shape index (κ2) is 7.09. The summed E-state index contributed by atoms with van der Waals surface area (Å²) in [7, 11) is 0.0334. The molecule has 1 fully saturated rings. The number of hydrogen-bond acceptors (Lipinski definition) is 3. The van der Waals surface area contributed by atoms with E-state index >= 15 is 0 Å². The molecule has 21 heavy (non-hydrogen) atoms. The number of halogens is 1. The Morgan fingerprint density at radius 1 is 1.33 bits per heavy atom. The van der Waals surface area contributed by atoms with Crippen molar-refractivity contribution in [3.8, 4) is 0 Å². The van der Waals surface area contributed by atoms with Gasteiger partial charge in [-0.25, -0.2) is 12.7 Å². The molecule has 1 N–H and O–H groups in total. The van der Waals surface area contributed by atoms with E-state index in [4.69, 9.17) is 11.6 Å². The third-order valence-corrected chi connectivity index (χ3v) is 6.26. The van der Waals surface area contributed by atoms with E-state index in [1.54, 1.807) is 25.2 Å². The lowest BCUT2D eigenvalue weighted by Gasteiger charge is -2.21. The summed E-state index contributed by atoms with van der Waals surface area (Å²) in [4.78, 5) is 0.271. The fourth-order valence-electron chi connectivity index (χ4n) is 2.86. The van der Waals surface area contributed by atoms with Gasteiger partial charge in [-0.3, -0.25) is 0 Å². The van der Waals surface area contributed by atoms with Gasteiger partial charge in [0, 0.05) is 25.2 Å². The highest BCUT2D eigenvalue weighted by Gasteiger charge is 2.25. The molecule has 118 valence electrons. The lowest BCUT2D eigenvalue weighted by atomic mass is 10.1. The van der Waals surface area contributed by atoms with Gasteiger partial charge in [0.15, 0.2) is 0 Å². The molecule has 0 radical (unpaired) electrons. The maximum atomic E-state index is 12.6. The summed E-state index contributed by atoms with van der Waals surface area (Å²) in [5, 5.41) is 3.50. The molecular formula is C15H23ClN2O2S. The van der Waals surface area contributed by atoms with Crippen LogP contribution in [0, 0.1) is 5.92 Å². The van der Waals surface area contributed by atoms with Gasteiger partial charge >= 0.3 is 0 Å². The van der Waals surface area contributed by atoms with Crippen LogP contribution in [0.4, 0.5) is 0 Å². The lowest BCUT2D eigenvalue weighted by Crippen LogP contribution is -2.31. The van der Waals surface area contributed by atoms with Crippen LogP contribution in [0.1, 0.15) is 31.2 Å². The number of nitrogens with zero attached hydrogens (tertiary/aromatic N) is 1. The highest BCUT2D eigenvalue weighted by Crippen LogP contribution is 2.28. The van der Waals surface area contributed by atoms with Gasteiger partial charge in [-0.2, -0.15) is 0 Å². The van der Waals surface area contributed by atoms with Crippen LogP contribution in [-0.2, 0) is 16.6 Å². The van der Waals surface area contributed by atoms with E-state index < -0.39 is 10.0 Å². The lowest BCUT2D eigenvalue weighted by molar-refractivity contribution is 0.387. The summed E-state index contributed by atoms with van der Waals surface area (Å²) in [6, 6.07) is 4.96. The van der Waals surface area contributed by atoms with Crippen molar-refractivity contribution in [2.45, 2.75) is 37.1 Å². The molecule has 0 amide bonds. The second-order valence-electron chi connectivity index (χ2n) is 5.72. The minimum absolute atomic E-state index is 0.271. The van der Waals surface area contributed by atoms with Crippen molar-refractivity contribution in [3.05, 3.63) is 28.8 Å². The van der Waals surface area contributed by atoms with Crippen molar-refractivity contribution in [3.63, 3.8) is 0 Å². The van der Waals surface area contributed by atoms with E-state index in [0.29, 0.717) is 24.0 Å². The Bertz CT molecular complexity index is 583. The van der Waals surface area contributed by atoms with E-state index in [-0.39, 0.29) is 4.90 Å². The fraction of sp³-hybridized carbons (Fsp3) is 0.600. The monoisotopic (exact) mass is 330 g/mol. The van der Waals surface area contributed by atoms with Crippen LogP contribution in [0.15, 0.2) is 23.1 Å². The molecule has 0 saturated heterocycles. The molecule has 1 aromatic rings. The first-order chi connectivity index (χ1) is 9.95. The molecule has 2 rings (SSSR count). The molecule has 1 aromatic carbocycles. The van der Waals surface area contributed by atoms with E-state index in [0.717, 1.165) is 18.4 Å². The SMILES string of the molecule is CNCc1ccc(S(=O)(=O)N(C)CC2CCCC2)cc1Cl. The van der Waals surface area contributed by atoms with Gasteiger partial charge in [0.2, 0.25) is 10.0 Å². The Kier molecular flexibility index (Phi) is 5.66. The molecule has 0 heterocycles. The van der Waals surface area contributed by atoms with Crippen molar-refractivity contribution in [1.82, 2.24) is 9.62 Å². The number of hydrogen-bond donors (Lipinski definition) is 1. The zero-order valence-corrected chi connectivity index (χ0v) is 14.2. The maximum Gasteiger partial charge on any atom is 0.242 e. The second-order valence-corrected chi connectivity index (χ2v) is 8.17. The zero-order valence-electron chi connectivity index (χ0n) is 12.6. The van der Waals surface area contributed by atoms with E-state index in [2.05, 4.69) is 5.32 Å². The average molecular weight is 331 g/mol. The predicted molar refractivity (Wildman–Crippen MR) is 86.0 cm³/mol. The van der Waals surface area contributed by atoms with Gasteiger partial charge in [0.1, 0.15) is 0 Å². The Morgan fingerprint density at radius 2 is 2.00 bits per heavy atom. The molecular weight excluding hydrogens is 308 g/mol. The Morgan fingerprint density at radius 3 is 2.57 bits per heavy atom. The van der Waals surface area contributed by atoms with E-state index in [1.165, 1.54) is 17.1 Å². The molecule has 0 atom stereocenters. The summed E-state index contributed by atoms with van der Waals surface area (Å²) >= 11 is 6.17. The van der Waals surface area contributed by atoms with Crippen molar-refractivity contribution in [2.24, 2.45) is 5.92 Å². The predicted octanol–water partition coefficient (Wildman–Crippen LogP) is 2.87. The first-order valence-electron chi connectivity index (χ1n) is 7.34. The van der Waals surface area contributed by atoms with Gasteiger partial charge in [-0.15, -0.1) is 0 Å². The van der Waals surface area contributed by atoms with Gasteiger partial charge in [-0.1, -0.05) is 30.5 Å². The van der Waals surface area contributed by atoms with E-state index in [9.17, 15) is 8.42 Å². The van der Waals surface area contributed by atoms with Crippen molar-refractivity contribution < 1.29 is 8.42 Å². The van der Waals surface area contributed by atoms with Crippen LogP contribution < -0.4 is 5.32 Å². The van der Waals surface area contributed by atoms with Crippen LogP contribution in [0.2, 0.25) is 5.02 Å². The van der Waals surface area contributed by atoms with Crippen LogP contribution in [0.5, 0.6) is 0 Å². The molecule has 1 aliphatic carbocycles. The van der Waals surface area contributed by atoms with Crippen molar-refractivity contribution >= 4 is 21.6 Å². The van der Waals surface area contributed by atoms with Crippen LogP contribution in [0.25, 0.3) is 0 Å². The fourth-order valence-corrected chi connectivity index (χ4v) is 4.44. The van der Waals surface area contributed by atoms with Gasteiger partial charge in [0.05, 0.1) is 4.90 Å². The molecule has 1 aliphatic rings. The Labute approximate surface area is 132 Å². The van der Waals surface area contributed by atoms with Gasteiger partial charge in [-0.05, 0) is 43.5 Å². The molecule has 6 heteroatoms. The third-order valence-electron chi connectivity index (χ3n) is 4.09. The molecule has 0 aliphatic heterocycles. The van der Waals surface area contributed by atoms with Crippen LogP contribution in [-0.4, -0.2) is 33.4 Å². The van der Waals surface area contributed by atoms with Crippen molar-refractivity contribution in [1.29, 1.82) is 0 Å². The molecule has 0 aromatic heterocycles. The first kappa shape index (κ1) is 16.7. The Balaban J connectivity index is 2.16. The van der Waals surface area contributed by atoms with Crippen LogP contribution >= 0.6 is 11.6 Å². The summed E-state index contributed by atoms with van der Waals surface area (Å²) in [6.45, 7) is 1.22. The summed E-state index contributed by atoms with van der Waals surface area (Å²) in [5.74, 6) is 0.490. The van der Waals surface area contributed by atoms with E-state index in [1.807, 2.05) is 7.05 Å². The number of rotatable bonds is 6. The standard InChI is InChI=1S/C15H23ClN2O2S/c1-17-10-13-7-8-14(9-15(13)16)21(19,20)18(2)11-12-5-3-4-6-12/h7-9,12,17H,3-6,10-11H2,1-2H3.